The first-order chi connectivity index (χ1) is 11.7. The molecular formula is C21H16O3. The molecule has 3 nitrogen and oxygen atoms in total. The molecule has 0 amide bonds. The molecule has 0 bridgehead atoms. The Morgan fingerprint density at radius 1 is 0.792 bits per heavy atom. The second-order valence-corrected chi connectivity index (χ2v) is 5.87. The van der Waals surface area contributed by atoms with Crippen LogP contribution < -0.4 is 4.74 Å². The molecule has 118 valence electrons. The Hall–Kier alpha value is -2.91. The summed E-state index contributed by atoms with van der Waals surface area (Å²) in [7, 11) is 0. The van der Waals surface area contributed by atoms with Crippen LogP contribution in [0.15, 0.2) is 84.9 Å². The minimum absolute atomic E-state index is 0.144. The lowest BCUT2D eigenvalue weighted by molar-refractivity contribution is -0.160. The van der Waals surface area contributed by atoms with Crippen molar-refractivity contribution in [3.05, 3.63) is 102 Å². The number of hydrogen-bond acceptors (Lipinski definition) is 3. The van der Waals surface area contributed by atoms with E-state index in [0.717, 1.165) is 5.56 Å². The van der Waals surface area contributed by atoms with Crippen LogP contribution in [0, 0.1) is 0 Å². The number of ketones is 1. The van der Waals surface area contributed by atoms with Crippen molar-refractivity contribution in [2.24, 2.45) is 0 Å². The zero-order valence-corrected chi connectivity index (χ0v) is 12.9. The number of ether oxygens (including phenoxy) is 1. The summed E-state index contributed by atoms with van der Waals surface area (Å²) < 4.78 is 5.98. The van der Waals surface area contributed by atoms with Gasteiger partial charge in [0, 0.05) is 5.56 Å². The first-order valence-electron chi connectivity index (χ1n) is 7.85. The third kappa shape index (κ3) is 2.22. The Balaban J connectivity index is 1.94. The molecule has 2 unspecified atom stereocenters. The van der Waals surface area contributed by atoms with Crippen molar-refractivity contribution in [2.75, 3.05) is 0 Å². The van der Waals surface area contributed by atoms with Gasteiger partial charge in [-0.1, -0.05) is 72.8 Å². The quantitative estimate of drug-likeness (QED) is 0.780. The van der Waals surface area contributed by atoms with Gasteiger partial charge in [0.25, 0.3) is 0 Å². The highest BCUT2D eigenvalue weighted by Crippen LogP contribution is 2.46. The van der Waals surface area contributed by atoms with E-state index in [4.69, 9.17) is 4.74 Å². The number of rotatable bonds is 2. The largest absolute Gasteiger partial charge is 0.456 e. The SMILES string of the molecule is O=C1c2ccccc2OC(O)(c2ccccc2)C1c1ccccc1. The van der Waals surface area contributed by atoms with Crippen molar-refractivity contribution in [3.63, 3.8) is 0 Å². The first kappa shape index (κ1) is 14.7. The lowest BCUT2D eigenvalue weighted by atomic mass is 9.78. The second kappa shape index (κ2) is 5.62. The Labute approximate surface area is 140 Å². The standard InChI is InChI=1S/C21H16O3/c22-20-17-13-7-8-14-18(17)24-21(23,16-11-5-2-6-12-16)19(20)15-9-3-1-4-10-15/h1-14,19,23H. The van der Waals surface area contributed by atoms with Gasteiger partial charge in [-0.25, -0.2) is 0 Å². The normalized spacial score (nSPS) is 22.5. The van der Waals surface area contributed by atoms with Crippen molar-refractivity contribution in [3.8, 4) is 5.75 Å². The fourth-order valence-electron chi connectivity index (χ4n) is 3.24. The number of carbonyl (C=O) groups is 1. The summed E-state index contributed by atoms with van der Waals surface area (Å²) in [5.41, 5.74) is 1.78. The highest BCUT2D eigenvalue weighted by atomic mass is 16.6. The van der Waals surface area contributed by atoms with Gasteiger partial charge >= 0.3 is 0 Å². The average molecular weight is 316 g/mol. The number of fused-ring (bicyclic) bond motifs is 1. The van der Waals surface area contributed by atoms with Crippen LogP contribution in [0.5, 0.6) is 5.75 Å². The van der Waals surface area contributed by atoms with E-state index < -0.39 is 11.7 Å². The molecule has 0 fully saturated rings. The highest BCUT2D eigenvalue weighted by molar-refractivity contribution is 6.05. The lowest BCUT2D eigenvalue weighted by Crippen LogP contribution is -2.46. The summed E-state index contributed by atoms with van der Waals surface area (Å²) in [6.45, 7) is 0. The van der Waals surface area contributed by atoms with E-state index in [-0.39, 0.29) is 5.78 Å². The van der Waals surface area contributed by atoms with E-state index in [9.17, 15) is 9.90 Å². The molecule has 2 atom stereocenters. The molecule has 0 spiro atoms. The highest BCUT2D eigenvalue weighted by Gasteiger charge is 2.50. The molecular weight excluding hydrogens is 300 g/mol. The predicted molar refractivity (Wildman–Crippen MR) is 90.9 cm³/mol. The van der Waals surface area contributed by atoms with Crippen LogP contribution in [0.25, 0.3) is 0 Å². The zero-order valence-electron chi connectivity index (χ0n) is 12.9. The first-order valence-corrected chi connectivity index (χ1v) is 7.85. The molecule has 3 aromatic carbocycles. The van der Waals surface area contributed by atoms with Crippen LogP contribution in [-0.2, 0) is 5.79 Å². The van der Waals surface area contributed by atoms with Crippen LogP contribution in [0.3, 0.4) is 0 Å². The van der Waals surface area contributed by atoms with Gasteiger partial charge < -0.3 is 9.84 Å². The van der Waals surface area contributed by atoms with Crippen LogP contribution >= 0.6 is 0 Å². The topological polar surface area (TPSA) is 46.5 Å². The molecule has 0 aliphatic carbocycles. The molecule has 3 aromatic rings. The molecule has 0 saturated carbocycles. The second-order valence-electron chi connectivity index (χ2n) is 5.87. The minimum Gasteiger partial charge on any atom is -0.456 e. The number of Topliss-reactive ketones (excluding diaryl/α,β-unsaturated/α-hetero) is 1. The molecule has 1 heterocycles. The van der Waals surface area contributed by atoms with Crippen LogP contribution in [0.2, 0.25) is 0 Å². The minimum atomic E-state index is -1.74. The summed E-state index contributed by atoms with van der Waals surface area (Å²) in [5, 5.41) is 11.4. The Morgan fingerprint density at radius 3 is 2.08 bits per heavy atom. The van der Waals surface area contributed by atoms with E-state index in [2.05, 4.69) is 0 Å². The molecule has 0 saturated heterocycles. The van der Waals surface area contributed by atoms with Gasteiger partial charge in [-0.05, 0) is 17.7 Å². The number of aliphatic hydroxyl groups is 1. The molecule has 1 aliphatic heterocycles. The summed E-state index contributed by atoms with van der Waals surface area (Å²) in [6.07, 6.45) is 0. The number of carbonyl (C=O) groups excluding carboxylic acids is 1. The number of para-hydroxylation sites is 1. The zero-order chi connectivity index (χ0) is 16.6. The smallest absolute Gasteiger partial charge is 0.249 e. The van der Waals surface area contributed by atoms with E-state index in [1.54, 1.807) is 36.4 Å². The summed E-state index contributed by atoms with van der Waals surface area (Å²) in [5.74, 6) is -2.31. The lowest BCUT2D eigenvalue weighted by Gasteiger charge is -2.40. The van der Waals surface area contributed by atoms with Crippen LogP contribution in [-0.4, -0.2) is 10.9 Å². The summed E-state index contributed by atoms with van der Waals surface area (Å²) >= 11 is 0. The number of hydrogen-bond donors (Lipinski definition) is 1. The van der Waals surface area contributed by atoms with Crippen LogP contribution in [0.1, 0.15) is 27.4 Å². The monoisotopic (exact) mass is 316 g/mol. The third-order valence-corrected chi connectivity index (χ3v) is 4.39. The average Bonchev–Trinajstić information content (AvgIpc) is 2.63. The maximum absolute atomic E-state index is 13.2. The van der Waals surface area contributed by atoms with Gasteiger partial charge in [0.1, 0.15) is 11.7 Å². The maximum atomic E-state index is 13.2. The van der Waals surface area contributed by atoms with E-state index >= 15 is 0 Å². The molecule has 1 aliphatic rings. The van der Waals surface area contributed by atoms with E-state index in [0.29, 0.717) is 16.9 Å². The van der Waals surface area contributed by atoms with Gasteiger partial charge in [-0.15, -0.1) is 0 Å². The fourth-order valence-corrected chi connectivity index (χ4v) is 3.24. The number of benzene rings is 3. The van der Waals surface area contributed by atoms with E-state index in [1.807, 2.05) is 48.5 Å². The van der Waals surface area contributed by atoms with Gasteiger partial charge in [-0.3, -0.25) is 4.79 Å². The van der Waals surface area contributed by atoms with Gasteiger partial charge in [0.05, 0.1) is 5.56 Å². The van der Waals surface area contributed by atoms with Gasteiger partial charge in [0.2, 0.25) is 5.79 Å². The van der Waals surface area contributed by atoms with Crippen molar-refractivity contribution in [1.29, 1.82) is 0 Å². The van der Waals surface area contributed by atoms with Crippen molar-refractivity contribution in [1.82, 2.24) is 0 Å². The van der Waals surface area contributed by atoms with Gasteiger partial charge in [0.15, 0.2) is 5.78 Å². The van der Waals surface area contributed by atoms with Crippen molar-refractivity contribution in [2.45, 2.75) is 11.7 Å². The molecule has 4 rings (SSSR count). The van der Waals surface area contributed by atoms with E-state index in [1.165, 1.54) is 0 Å². The van der Waals surface area contributed by atoms with Crippen molar-refractivity contribution < 1.29 is 14.6 Å². The predicted octanol–water partition coefficient (Wildman–Crippen LogP) is 3.89. The fraction of sp³-hybridized carbons (Fsp3) is 0.0952. The molecule has 1 N–H and O–H groups in total. The van der Waals surface area contributed by atoms with Crippen molar-refractivity contribution >= 4 is 5.78 Å². The third-order valence-electron chi connectivity index (χ3n) is 4.39. The molecule has 3 heteroatoms. The molecule has 0 radical (unpaired) electrons. The Morgan fingerprint density at radius 2 is 1.38 bits per heavy atom. The van der Waals surface area contributed by atoms with Crippen LogP contribution in [0.4, 0.5) is 0 Å². The summed E-state index contributed by atoms with van der Waals surface area (Å²) in [4.78, 5) is 13.2. The van der Waals surface area contributed by atoms with Gasteiger partial charge in [-0.2, -0.15) is 0 Å². The Kier molecular flexibility index (Phi) is 3.44. The summed E-state index contributed by atoms with van der Waals surface area (Å²) in [6, 6.07) is 25.4. The Bertz CT molecular complexity index is 874. The molecule has 24 heavy (non-hydrogen) atoms. The molecule has 0 aromatic heterocycles. The maximum Gasteiger partial charge on any atom is 0.249 e.